The lowest BCUT2D eigenvalue weighted by Crippen LogP contribution is -2.57. The molecule has 0 aliphatic carbocycles. The average molecular weight is 422 g/mol. The summed E-state index contributed by atoms with van der Waals surface area (Å²) in [6, 6.07) is 8.26. The van der Waals surface area contributed by atoms with E-state index in [-0.39, 0.29) is 36.9 Å². The summed E-state index contributed by atoms with van der Waals surface area (Å²) in [5, 5.41) is 3.86. The van der Waals surface area contributed by atoms with Crippen molar-refractivity contribution < 1.29 is 18.7 Å². The van der Waals surface area contributed by atoms with Gasteiger partial charge in [0.1, 0.15) is 11.3 Å². The van der Waals surface area contributed by atoms with Crippen molar-refractivity contribution in [2.75, 3.05) is 39.3 Å². The lowest BCUT2D eigenvalue weighted by molar-refractivity contribution is -0.141. The van der Waals surface area contributed by atoms with Gasteiger partial charge < -0.3 is 24.3 Å². The Kier molecular flexibility index (Phi) is 6.76. The highest BCUT2D eigenvalue weighted by Crippen LogP contribution is 2.20. The Morgan fingerprint density at radius 3 is 2.86 bits per heavy atom. The van der Waals surface area contributed by atoms with Crippen LogP contribution in [-0.4, -0.2) is 67.0 Å². The van der Waals surface area contributed by atoms with Crippen LogP contribution in [0.2, 0.25) is 0 Å². The van der Waals surface area contributed by atoms with Crippen LogP contribution in [0.15, 0.2) is 39.5 Å². The average Bonchev–Trinajstić information content (AvgIpc) is 2.72. The molecule has 4 rings (SSSR count). The molecular formula is C20H24ClN3O5. The van der Waals surface area contributed by atoms with Crippen LogP contribution in [0.4, 0.5) is 0 Å². The fraction of sp³-hybridized carbons (Fsp3) is 0.450. The first-order valence-corrected chi connectivity index (χ1v) is 9.55. The van der Waals surface area contributed by atoms with E-state index in [1.54, 1.807) is 29.2 Å². The van der Waals surface area contributed by atoms with Gasteiger partial charge in [0.15, 0.2) is 6.61 Å². The van der Waals surface area contributed by atoms with Crippen molar-refractivity contribution in [1.29, 1.82) is 0 Å². The van der Waals surface area contributed by atoms with E-state index in [9.17, 15) is 14.4 Å². The van der Waals surface area contributed by atoms with Crippen LogP contribution in [0.25, 0.3) is 11.0 Å². The second kappa shape index (κ2) is 9.28. The first-order chi connectivity index (χ1) is 13.6. The molecular weight excluding hydrogens is 398 g/mol. The molecule has 156 valence electrons. The van der Waals surface area contributed by atoms with Crippen molar-refractivity contribution in [3.63, 3.8) is 0 Å². The monoisotopic (exact) mass is 421 g/mol. The zero-order chi connectivity index (χ0) is 19.5. The highest BCUT2D eigenvalue weighted by Gasteiger charge is 2.31. The van der Waals surface area contributed by atoms with Gasteiger partial charge in [-0.2, -0.15) is 0 Å². The highest BCUT2D eigenvalue weighted by molar-refractivity contribution is 5.85. The van der Waals surface area contributed by atoms with Crippen molar-refractivity contribution in [2.45, 2.75) is 18.9 Å². The van der Waals surface area contributed by atoms with E-state index in [1.165, 1.54) is 6.07 Å². The van der Waals surface area contributed by atoms with E-state index >= 15 is 0 Å². The van der Waals surface area contributed by atoms with E-state index in [0.29, 0.717) is 37.5 Å². The zero-order valence-corrected chi connectivity index (χ0v) is 16.8. The predicted molar refractivity (Wildman–Crippen MR) is 109 cm³/mol. The largest absolute Gasteiger partial charge is 0.484 e. The standard InChI is InChI=1S/C20H23N3O5.ClH/c24-18-11-21-7-9-23(18)15-2-1-8-22(12-15)19(25)13-27-16-5-3-14-4-6-20(26)28-17(14)10-16;/h3-6,10,15,21H,1-2,7-9,11-13H2;1H. The van der Waals surface area contributed by atoms with Crippen molar-refractivity contribution in [3.05, 3.63) is 40.8 Å². The summed E-state index contributed by atoms with van der Waals surface area (Å²) >= 11 is 0. The molecule has 2 aliphatic rings. The number of rotatable bonds is 4. The number of likely N-dealkylation sites (tertiary alicyclic amines) is 1. The Hall–Kier alpha value is -2.58. The summed E-state index contributed by atoms with van der Waals surface area (Å²) in [6.45, 7) is 2.96. The molecule has 2 amide bonds. The predicted octanol–water partition coefficient (Wildman–Crippen LogP) is 1.02. The second-order valence-corrected chi connectivity index (χ2v) is 7.14. The van der Waals surface area contributed by atoms with Crippen molar-refractivity contribution in [2.24, 2.45) is 0 Å². The SMILES string of the molecule is Cl.O=C(COc1ccc2ccc(=O)oc2c1)N1CCCC(N2CCNCC2=O)C1. The van der Waals surface area contributed by atoms with Gasteiger partial charge in [-0.3, -0.25) is 9.59 Å². The summed E-state index contributed by atoms with van der Waals surface area (Å²) in [7, 11) is 0. The van der Waals surface area contributed by atoms with Crippen molar-refractivity contribution in [3.8, 4) is 5.75 Å². The molecule has 0 bridgehead atoms. The molecule has 2 aliphatic heterocycles. The van der Waals surface area contributed by atoms with Gasteiger partial charge in [0.25, 0.3) is 5.91 Å². The van der Waals surface area contributed by atoms with Crippen LogP contribution < -0.4 is 15.7 Å². The van der Waals surface area contributed by atoms with Crippen LogP contribution >= 0.6 is 12.4 Å². The zero-order valence-electron chi connectivity index (χ0n) is 16.0. The summed E-state index contributed by atoms with van der Waals surface area (Å²) in [5.41, 5.74) is -0.00440. The Balaban J connectivity index is 0.00000240. The van der Waals surface area contributed by atoms with Crippen LogP contribution in [0, 0.1) is 0 Å². The Bertz CT molecular complexity index is 947. The minimum absolute atomic E-state index is 0. The quantitative estimate of drug-likeness (QED) is 0.741. The number of ether oxygens (including phenoxy) is 1. The van der Waals surface area contributed by atoms with E-state index in [2.05, 4.69) is 5.32 Å². The number of carbonyl (C=O) groups is 2. The van der Waals surface area contributed by atoms with Crippen LogP contribution in [-0.2, 0) is 9.59 Å². The number of nitrogens with zero attached hydrogens (tertiary/aromatic N) is 2. The maximum atomic E-state index is 12.6. The van der Waals surface area contributed by atoms with Crippen molar-refractivity contribution in [1.82, 2.24) is 15.1 Å². The molecule has 3 heterocycles. The topological polar surface area (TPSA) is 92.1 Å². The first-order valence-electron chi connectivity index (χ1n) is 9.55. The van der Waals surface area contributed by atoms with Crippen LogP contribution in [0.3, 0.4) is 0 Å². The smallest absolute Gasteiger partial charge is 0.336 e. The number of fused-ring (bicyclic) bond motifs is 1. The van der Waals surface area contributed by atoms with E-state index < -0.39 is 5.63 Å². The molecule has 1 aromatic heterocycles. The third kappa shape index (κ3) is 4.89. The first kappa shape index (κ1) is 21.1. The molecule has 0 saturated carbocycles. The van der Waals surface area contributed by atoms with E-state index in [0.717, 1.165) is 24.8 Å². The molecule has 29 heavy (non-hydrogen) atoms. The number of benzene rings is 1. The number of amides is 2. The summed E-state index contributed by atoms with van der Waals surface area (Å²) in [5.74, 6) is 0.461. The molecule has 8 nitrogen and oxygen atoms in total. The molecule has 0 spiro atoms. The van der Waals surface area contributed by atoms with Gasteiger partial charge in [0.05, 0.1) is 6.54 Å². The lowest BCUT2D eigenvalue weighted by Gasteiger charge is -2.41. The van der Waals surface area contributed by atoms with E-state index in [1.807, 2.05) is 4.90 Å². The normalized spacial score (nSPS) is 19.7. The van der Waals surface area contributed by atoms with Crippen LogP contribution in [0.1, 0.15) is 12.8 Å². The van der Waals surface area contributed by atoms with Gasteiger partial charge in [-0.25, -0.2) is 4.79 Å². The number of hydrogen-bond acceptors (Lipinski definition) is 6. The van der Waals surface area contributed by atoms with Gasteiger partial charge in [0.2, 0.25) is 5.91 Å². The lowest BCUT2D eigenvalue weighted by atomic mass is 10.0. The van der Waals surface area contributed by atoms with Gasteiger partial charge in [-0.1, -0.05) is 0 Å². The second-order valence-electron chi connectivity index (χ2n) is 7.14. The molecule has 0 radical (unpaired) electrons. The molecule has 9 heteroatoms. The maximum Gasteiger partial charge on any atom is 0.336 e. The molecule has 1 N–H and O–H groups in total. The number of piperidine rings is 1. The van der Waals surface area contributed by atoms with Crippen LogP contribution in [0.5, 0.6) is 5.75 Å². The van der Waals surface area contributed by atoms with Gasteiger partial charge in [-0.05, 0) is 31.0 Å². The molecule has 1 atom stereocenters. The van der Waals surface area contributed by atoms with Gasteiger partial charge in [-0.15, -0.1) is 12.4 Å². The Morgan fingerprint density at radius 2 is 2.03 bits per heavy atom. The number of hydrogen-bond donors (Lipinski definition) is 1. The molecule has 1 unspecified atom stereocenters. The Labute approximate surface area is 174 Å². The minimum atomic E-state index is -0.428. The summed E-state index contributed by atoms with van der Waals surface area (Å²) in [6.07, 6.45) is 1.79. The summed E-state index contributed by atoms with van der Waals surface area (Å²) < 4.78 is 10.8. The third-order valence-corrected chi connectivity index (χ3v) is 5.27. The summed E-state index contributed by atoms with van der Waals surface area (Å²) in [4.78, 5) is 39.7. The minimum Gasteiger partial charge on any atom is -0.484 e. The number of piperazine rings is 1. The third-order valence-electron chi connectivity index (χ3n) is 5.27. The fourth-order valence-corrected chi connectivity index (χ4v) is 3.81. The highest BCUT2D eigenvalue weighted by atomic mass is 35.5. The Morgan fingerprint density at radius 1 is 1.21 bits per heavy atom. The fourth-order valence-electron chi connectivity index (χ4n) is 3.81. The molecule has 2 aromatic rings. The van der Waals surface area contributed by atoms with Gasteiger partial charge in [0, 0.05) is 49.7 Å². The molecule has 1 aromatic carbocycles. The number of carbonyl (C=O) groups excluding carboxylic acids is 2. The van der Waals surface area contributed by atoms with Gasteiger partial charge >= 0.3 is 5.63 Å². The number of nitrogens with one attached hydrogen (secondary N) is 1. The molecule has 2 fully saturated rings. The van der Waals surface area contributed by atoms with Crippen molar-refractivity contribution >= 4 is 35.2 Å². The van der Waals surface area contributed by atoms with E-state index in [4.69, 9.17) is 9.15 Å². The molecule has 2 saturated heterocycles. The number of halogens is 1. The maximum absolute atomic E-state index is 12.6.